The van der Waals surface area contributed by atoms with Crippen LogP contribution in [-0.2, 0) is 4.74 Å². The summed E-state index contributed by atoms with van der Waals surface area (Å²) >= 11 is 0. The molecule has 2 N–H and O–H groups in total. The molecular weight excluding hydrogens is 162 g/mol. The predicted octanol–water partition coefficient (Wildman–Crippen LogP) is 0.601. The largest absolute Gasteiger partial charge is 0.870 e. The zero-order chi connectivity index (χ0) is 8.91. The van der Waals surface area contributed by atoms with E-state index in [1.807, 2.05) is 0 Å². The maximum Gasteiger partial charge on any atom is 0.505 e. The van der Waals surface area contributed by atoms with Gasteiger partial charge in [0, 0.05) is 6.42 Å². The Balaban J connectivity index is 0. The highest BCUT2D eigenvalue weighted by molar-refractivity contribution is 5.56. The second-order valence-corrected chi connectivity index (χ2v) is 3.48. The Hall–Kier alpha value is -0.810. The van der Waals surface area contributed by atoms with E-state index in [9.17, 15) is 4.79 Å². The summed E-state index contributed by atoms with van der Waals surface area (Å²) in [6.45, 7) is 1.22. The van der Waals surface area contributed by atoms with Crippen LogP contribution in [0.2, 0.25) is 0 Å². The van der Waals surface area contributed by atoms with Crippen molar-refractivity contribution in [2.75, 3.05) is 34.3 Å². The SMILES string of the molecule is C[N+](C)(C)CCCOC(=O)O.[OH-]. The Labute approximate surface area is 72.4 Å². The van der Waals surface area contributed by atoms with Crippen LogP contribution >= 0.6 is 0 Å². The van der Waals surface area contributed by atoms with Crippen molar-refractivity contribution in [3.8, 4) is 0 Å². The second kappa shape index (κ2) is 5.79. The van der Waals surface area contributed by atoms with Crippen LogP contribution in [0.5, 0.6) is 0 Å². The second-order valence-electron chi connectivity index (χ2n) is 3.48. The Kier molecular flexibility index (Phi) is 6.64. The summed E-state index contributed by atoms with van der Waals surface area (Å²) in [6.07, 6.45) is -0.415. The third-order valence-corrected chi connectivity index (χ3v) is 1.20. The minimum absolute atomic E-state index is 0. The Bertz CT molecular complexity index is 130. The number of rotatable bonds is 4. The van der Waals surface area contributed by atoms with Crippen molar-refractivity contribution in [2.24, 2.45) is 0 Å². The van der Waals surface area contributed by atoms with E-state index >= 15 is 0 Å². The van der Waals surface area contributed by atoms with Gasteiger partial charge in [-0.1, -0.05) is 0 Å². The van der Waals surface area contributed by atoms with Gasteiger partial charge in [-0.25, -0.2) is 4.79 Å². The van der Waals surface area contributed by atoms with Gasteiger partial charge in [0.15, 0.2) is 0 Å². The first-order valence-electron chi connectivity index (χ1n) is 3.58. The molecule has 0 aliphatic carbocycles. The van der Waals surface area contributed by atoms with E-state index in [0.717, 1.165) is 17.4 Å². The lowest BCUT2D eigenvalue weighted by Crippen LogP contribution is -2.35. The average Bonchev–Trinajstić information content (AvgIpc) is 1.78. The molecule has 0 radical (unpaired) electrons. The molecule has 0 aliphatic rings. The van der Waals surface area contributed by atoms with Crippen molar-refractivity contribution in [3.63, 3.8) is 0 Å². The van der Waals surface area contributed by atoms with Gasteiger partial charge in [0.05, 0.1) is 27.7 Å². The minimum Gasteiger partial charge on any atom is -0.870 e. The molecule has 12 heavy (non-hydrogen) atoms. The van der Waals surface area contributed by atoms with Crippen LogP contribution in [0, 0.1) is 0 Å². The zero-order valence-electron chi connectivity index (χ0n) is 7.78. The number of hydrogen-bond donors (Lipinski definition) is 1. The fourth-order valence-corrected chi connectivity index (χ4v) is 0.698. The minimum atomic E-state index is -1.19. The molecule has 0 fully saturated rings. The highest BCUT2D eigenvalue weighted by Gasteiger charge is 2.06. The molecule has 0 aromatic rings. The lowest BCUT2D eigenvalue weighted by atomic mass is 10.4. The van der Waals surface area contributed by atoms with Gasteiger partial charge in [0.1, 0.15) is 6.61 Å². The van der Waals surface area contributed by atoms with Gasteiger partial charge in [-0.05, 0) is 0 Å². The molecule has 0 bridgehead atoms. The van der Waals surface area contributed by atoms with E-state index in [2.05, 4.69) is 25.9 Å². The zero-order valence-corrected chi connectivity index (χ0v) is 7.78. The van der Waals surface area contributed by atoms with Crippen LogP contribution in [0.1, 0.15) is 6.42 Å². The van der Waals surface area contributed by atoms with Crippen molar-refractivity contribution in [1.29, 1.82) is 0 Å². The number of ether oxygens (including phenoxy) is 1. The van der Waals surface area contributed by atoms with Crippen molar-refractivity contribution >= 4 is 6.16 Å². The lowest BCUT2D eigenvalue weighted by molar-refractivity contribution is -0.870. The highest BCUT2D eigenvalue weighted by Crippen LogP contribution is 1.93. The van der Waals surface area contributed by atoms with Crippen molar-refractivity contribution < 1.29 is 24.6 Å². The first-order valence-corrected chi connectivity index (χ1v) is 3.58. The third-order valence-electron chi connectivity index (χ3n) is 1.20. The molecule has 0 rings (SSSR count). The van der Waals surface area contributed by atoms with Gasteiger partial charge in [-0.3, -0.25) is 0 Å². The average molecular weight is 179 g/mol. The Morgan fingerprint density at radius 1 is 1.42 bits per heavy atom. The van der Waals surface area contributed by atoms with E-state index in [1.54, 1.807) is 0 Å². The van der Waals surface area contributed by atoms with Crippen LogP contribution in [0.15, 0.2) is 0 Å². The summed E-state index contributed by atoms with van der Waals surface area (Å²) in [7, 11) is 6.17. The number of nitrogens with zero attached hydrogens (tertiary/aromatic N) is 1. The third kappa shape index (κ3) is 11.9. The molecule has 0 unspecified atom stereocenters. The number of carboxylic acid groups (broad SMARTS) is 1. The van der Waals surface area contributed by atoms with Crippen molar-refractivity contribution in [2.45, 2.75) is 6.42 Å². The number of quaternary nitrogens is 1. The van der Waals surface area contributed by atoms with E-state index in [0.29, 0.717) is 6.61 Å². The molecule has 0 aliphatic heterocycles. The van der Waals surface area contributed by atoms with E-state index < -0.39 is 6.16 Å². The lowest BCUT2D eigenvalue weighted by Gasteiger charge is -2.23. The number of hydrogen-bond acceptors (Lipinski definition) is 3. The summed E-state index contributed by atoms with van der Waals surface area (Å²) in [5, 5.41) is 8.12. The Morgan fingerprint density at radius 3 is 2.25 bits per heavy atom. The quantitative estimate of drug-likeness (QED) is 0.389. The standard InChI is InChI=1S/C7H15NO3.H2O/c1-8(2,3)5-4-6-11-7(9)10;/h4-6H2,1-3H3;1H2. The molecule has 5 heteroatoms. The fourth-order valence-electron chi connectivity index (χ4n) is 0.698. The summed E-state index contributed by atoms with van der Waals surface area (Å²) in [5.41, 5.74) is 0. The van der Waals surface area contributed by atoms with Crippen LogP contribution in [0.3, 0.4) is 0 Å². The van der Waals surface area contributed by atoms with Gasteiger partial charge >= 0.3 is 6.16 Å². The molecule has 0 amide bonds. The van der Waals surface area contributed by atoms with Gasteiger partial charge in [0.25, 0.3) is 0 Å². The highest BCUT2D eigenvalue weighted by atomic mass is 16.7. The monoisotopic (exact) mass is 179 g/mol. The van der Waals surface area contributed by atoms with Gasteiger partial charge in [0.2, 0.25) is 0 Å². The van der Waals surface area contributed by atoms with Crippen molar-refractivity contribution in [1.82, 2.24) is 0 Å². The van der Waals surface area contributed by atoms with Gasteiger partial charge in [-0.15, -0.1) is 0 Å². The Morgan fingerprint density at radius 2 is 1.92 bits per heavy atom. The summed E-state index contributed by atoms with van der Waals surface area (Å²) in [4.78, 5) is 9.90. The molecule has 5 nitrogen and oxygen atoms in total. The molecule has 0 aromatic carbocycles. The van der Waals surface area contributed by atoms with E-state index in [-0.39, 0.29) is 5.48 Å². The first-order chi connectivity index (χ1) is 4.92. The normalized spacial score (nSPS) is 10.2. The van der Waals surface area contributed by atoms with Crippen LogP contribution in [-0.4, -0.2) is 55.5 Å². The summed E-state index contributed by atoms with van der Waals surface area (Å²) in [6, 6.07) is 0. The maximum absolute atomic E-state index is 9.90. The molecule has 74 valence electrons. The molecule has 0 saturated carbocycles. The molecule has 0 aromatic heterocycles. The summed E-state index contributed by atoms with van der Waals surface area (Å²) < 4.78 is 5.18. The molecule has 0 spiro atoms. The van der Waals surface area contributed by atoms with Gasteiger partial charge in [-0.2, -0.15) is 0 Å². The predicted molar refractivity (Wildman–Crippen MR) is 43.4 cm³/mol. The van der Waals surface area contributed by atoms with Gasteiger partial charge < -0.3 is 19.8 Å². The molecule has 0 heterocycles. The maximum atomic E-state index is 9.90. The summed E-state index contributed by atoms with van der Waals surface area (Å²) in [5.74, 6) is 0. The first kappa shape index (κ1) is 13.8. The molecule has 0 atom stereocenters. The smallest absolute Gasteiger partial charge is 0.505 e. The fraction of sp³-hybridized carbons (Fsp3) is 0.857. The molecular formula is C7H17NO4. The van der Waals surface area contributed by atoms with Crippen molar-refractivity contribution in [3.05, 3.63) is 0 Å². The van der Waals surface area contributed by atoms with Crippen LogP contribution < -0.4 is 0 Å². The van der Waals surface area contributed by atoms with E-state index in [1.165, 1.54) is 0 Å². The van der Waals surface area contributed by atoms with E-state index in [4.69, 9.17) is 5.11 Å². The van der Waals surface area contributed by atoms with Crippen LogP contribution in [0.4, 0.5) is 4.79 Å². The topological polar surface area (TPSA) is 76.5 Å². The van der Waals surface area contributed by atoms with Crippen LogP contribution in [0.25, 0.3) is 0 Å². The number of carbonyl (C=O) groups is 1. The molecule has 0 saturated heterocycles.